The fourth-order valence-electron chi connectivity index (χ4n) is 1.23. The Morgan fingerprint density at radius 1 is 1.14 bits per heavy atom. The second-order valence-corrected chi connectivity index (χ2v) is 3.92. The third-order valence-corrected chi connectivity index (χ3v) is 2.40. The Hall–Kier alpha value is -0.150. The molecule has 0 saturated heterocycles. The number of rotatable bonds is 9. The van der Waals surface area contributed by atoms with E-state index < -0.39 is 0 Å². The van der Waals surface area contributed by atoms with Crippen LogP contribution in [0.5, 0.6) is 0 Å². The minimum atomic E-state index is 0.0926. The van der Waals surface area contributed by atoms with E-state index in [0.29, 0.717) is 18.1 Å². The molecule has 0 saturated carbocycles. The molecule has 14 heavy (non-hydrogen) atoms. The number of aliphatic hydroxyl groups is 1. The monoisotopic (exact) mass is 218 g/mol. The van der Waals surface area contributed by atoms with E-state index in [1.807, 2.05) is 0 Å². The van der Waals surface area contributed by atoms with Crippen LogP contribution in [0.4, 0.5) is 0 Å². The molecule has 0 bridgehead atoms. The van der Waals surface area contributed by atoms with E-state index in [1.54, 1.807) is 0 Å². The molecular weight excluding hydrogens is 196 g/mol. The first kappa shape index (κ1) is 13.8. The molecule has 0 fully saturated rings. The Morgan fingerprint density at radius 3 is 2.43 bits per heavy atom. The molecule has 0 rings (SSSR count). The highest BCUT2D eigenvalue weighted by Gasteiger charge is 1.96. The number of ether oxygens (including phenoxy) is 1. The van der Waals surface area contributed by atoms with Gasteiger partial charge in [0, 0.05) is 6.42 Å². The van der Waals surface area contributed by atoms with E-state index in [1.165, 1.54) is 32.1 Å². The van der Waals surface area contributed by atoms with Gasteiger partial charge in [-0.05, 0) is 18.6 Å². The lowest BCUT2D eigenvalue weighted by molar-refractivity contribution is 0.264. The van der Waals surface area contributed by atoms with Gasteiger partial charge in [-0.3, -0.25) is 0 Å². The molecule has 0 atom stereocenters. The van der Waals surface area contributed by atoms with Crippen LogP contribution < -0.4 is 0 Å². The van der Waals surface area contributed by atoms with Crippen LogP contribution in [0, 0.1) is 0 Å². The smallest absolute Gasteiger partial charge is 0.161 e. The molecule has 84 valence electrons. The lowest BCUT2D eigenvalue weighted by Gasteiger charge is -2.05. The summed E-state index contributed by atoms with van der Waals surface area (Å²) in [5.74, 6) is 0. The third kappa shape index (κ3) is 9.93. The fourth-order valence-corrected chi connectivity index (χ4v) is 1.41. The summed E-state index contributed by atoms with van der Waals surface area (Å²) in [7, 11) is 0. The van der Waals surface area contributed by atoms with Gasteiger partial charge in [0.1, 0.15) is 0 Å². The lowest BCUT2D eigenvalue weighted by atomic mass is 10.1. The molecule has 0 heterocycles. The second kappa shape index (κ2) is 10.9. The van der Waals surface area contributed by atoms with Crippen molar-refractivity contribution in [3.63, 3.8) is 0 Å². The van der Waals surface area contributed by atoms with Gasteiger partial charge in [-0.2, -0.15) is 0 Å². The summed E-state index contributed by atoms with van der Waals surface area (Å²) in [6.07, 6.45) is 8.05. The molecule has 0 amide bonds. The zero-order chi connectivity index (χ0) is 10.6. The Labute approximate surface area is 92.7 Å². The summed E-state index contributed by atoms with van der Waals surface area (Å²) >= 11 is 4.89. The predicted octanol–water partition coefficient (Wildman–Crippen LogP) is 3.07. The summed E-state index contributed by atoms with van der Waals surface area (Å²) in [4.78, 5) is 0. The highest BCUT2D eigenvalue weighted by molar-refractivity contribution is 7.80. The fraction of sp³-hybridized carbons (Fsp3) is 0.909. The molecule has 0 radical (unpaired) electrons. The van der Waals surface area contributed by atoms with Crippen molar-refractivity contribution in [2.24, 2.45) is 0 Å². The topological polar surface area (TPSA) is 29.5 Å². The van der Waals surface area contributed by atoms with Gasteiger partial charge in [-0.1, -0.05) is 39.0 Å². The lowest BCUT2D eigenvalue weighted by Crippen LogP contribution is -2.05. The quantitative estimate of drug-likeness (QED) is 0.476. The number of unbranched alkanes of at least 4 members (excludes halogenated alkanes) is 5. The van der Waals surface area contributed by atoms with Crippen molar-refractivity contribution >= 4 is 17.3 Å². The standard InChI is InChI=1S/C11H22O2S/c1-2-3-4-5-6-7-10-13-11(14)8-9-12/h12H,2-10H2,1H3. The van der Waals surface area contributed by atoms with E-state index in [9.17, 15) is 0 Å². The molecule has 0 aliphatic heterocycles. The molecule has 2 nitrogen and oxygen atoms in total. The van der Waals surface area contributed by atoms with E-state index in [2.05, 4.69) is 6.92 Å². The summed E-state index contributed by atoms with van der Waals surface area (Å²) in [6, 6.07) is 0. The van der Waals surface area contributed by atoms with Crippen LogP contribution in [0.3, 0.4) is 0 Å². The van der Waals surface area contributed by atoms with Gasteiger partial charge < -0.3 is 9.84 Å². The van der Waals surface area contributed by atoms with Crippen molar-refractivity contribution in [3.05, 3.63) is 0 Å². The van der Waals surface area contributed by atoms with Gasteiger partial charge in [0.05, 0.1) is 13.2 Å². The van der Waals surface area contributed by atoms with Crippen LogP contribution in [0.25, 0.3) is 0 Å². The maximum Gasteiger partial charge on any atom is 0.161 e. The van der Waals surface area contributed by atoms with Crippen molar-refractivity contribution in [3.8, 4) is 0 Å². The molecular formula is C11H22O2S. The van der Waals surface area contributed by atoms with E-state index >= 15 is 0 Å². The minimum absolute atomic E-state index is 0.0926. The minimum Gasteiger partial charge on any atom is -0.487 e. The Balaban J connectivity index is 3.01. The summed E-state index contributed by atoms with van der Waals surface area (Å²) in [5.41, 5.74) is 0. The highest BCUT2D eigenvalue weighted by Crippen LogP contribution is 2.05. The van der Waals surface area contributed by atoms with Crippen molar-refractivity contribution in [2.45, 2.75) is 51.9 Å². The van der Waals surface area contributed by atoms with Crippen molar-refractivity contribution in [1.82, 2.24) is 0 Å². The number of hydrogen-bond donors (Lipinski definition) is 1. The molecule has 0 aliphatic carbocycles. The molecule has 0 aromatic heterocycles. The first-order valence-electron chi connectivity index (χ1n) is 5.57. The van der Waals surface area contributed by atoms with Gasteiger partial charge in [0.15, 0.2) is 5.05 Å². The SMILES string of the molecule is CCCCCCCCOC(=S)CCO. The first-order chi connectivity index (χ1) is 6.81. The average molecular weight is 218 g/mol. The highest BCUT2D eigenvalue weighted by atomic mass is 32.1. The number of hydrogen-bond acceptors (Lipinski definition) is 3. The summed E-state index contributed by atoms with van der Waals surface area (Å²) in [5, 5.41) is 9.11. The largest absolute Gasteiger partial charge is 0.487 e. The molecule has 0 aliphatic rings. The second-order valence-electron chi connectivity index (χ2n) is 3.46. The average Bonchev–Trinajstić information content (AvgIpc) is 2.17. The molecule has 0 spiro atoms. The Morgan fingerprint density at radius 2 is 1.79 bits per heavy atom. The first-order valence-corrected chi connectivity index (χ1v) is 5.98. The van der Waals surface area contributed by atoms with Crippen LogP contribution in [0.2, 0.25) is 0 Å². The maximum atomic E-state index is 8.57. The van der Waals surface area contributed by atoms with Crippen molar-refractivity contribution in [2.75, 3.05) is 13.2 Å². The zero-order valence-corrected chi connectivity index (χ0v) is 9.94. The van der Waals surface area contributed by atoms with Gasteiger partial charge in [-0.25, -0.2) is 0 Å². The van der Waals surface area contributed by atoms with Crippen LogP contribution in [-0.2, 0) is 4.74 Å². The van der Waals surface area contributed by atoms with Crippen LogP contribution in [0.1, 0.15) is 51.9 Å². The van der Waals surface area contributed by atoms with Crippen molar-refractivity contribution < 1.29 is 9.84 Å². The van der Waals surface area contributed by atoms with Crippen LogP contribution >= 0.6 is 12.2 Å². The van der Waals surface area contributed by atoms with Crippen molar-refractivity contribution in [1.29, 1.82) is 0 Å². The molecule has 0 aromatic rings. The Bertz CT molecular complexity index is 137. The van der Waals surface area contributed by atoms with Crippen LogP contribution in [-0.4, -0.2) is 23.4 Å². The van der Waals surface area contributed by atoms with Gasteiger partial charge in [0.25, 0.3) is 0 Å². The maximum absolute atomic E-state index is 8.57. The van der Waals surface area contributed by atoms with E-state index in [4.69, 9.17) is 22.1 Å². The predicted molar refractivity (Wildman–Crippen MR) is 63.6 cm³/mol. The zero-order valence-electron chi connectivity index (χ0n) is 9.13. The molecule has 0 unspecified atom stereocenters. The summed E-state index contributed by atoms with van der Waals surface area (Å²) in [6.45, 7) is 3.02. The number of thiocarbonyl (C=S) groups is 1. The van der Waals surface area contributed by atoms with E-state index in [-0.39, 0.29) is 6.61 Å². The van der Waals surface area contributed by atoms with Gasteiger partial charge in [0.2, 0.25) is 0 Å². The van der Waals surface area contributed by atoms with E-state index in [0.717, 1.165) is 6.42 Å². The Kier molecular flexibility index (Phi) is 10.8. The van der Waals surface area contributed by atoms with Crippen LogP contribution in [0.15, 0.2) is 0 Å². The van der Waals surface area contributed by atoms with Gasteiger partial charge in [-0.15, -0.1) is 0 Å². The molecule has 1 N–H and O–H groups in total. The number of aliphatic hydroxyl groups excluding tert-OH is 1. The normalized spacial score (nSPS) is 10.1. The summed E-state index contributed by atoms with van der Waals surface area (Å²) < 4.78 is 5.26. The molecule has 0 aromatic carbocycles. The van der Waals surface area contributed by atoms with Gasteiger partial charge >= 0.3 is 0 Å². The third-order valence-electron chi connectivity index (χ3n) is 2.08. The molecule has 3 heteroatoms.